The zero-order valence-corrected chi connectivity index (χ0v) is 68.2. The Labute approximate surface area is 619 Å². The maximum atomic E-state index is 13.1. The van der Waals surface area contributed by atoms with E-state index in [1.165, 1.54) is 231 Å². The molecule has 19 heteroatoms. The van der Waals surface area contributed by atoms with Gasteiger partial charge in [0.2, 0.25) is 0 Å². The Hall–Kier alpha value is -1.94. The number of rotatable bonds is 80. The van der Waals surface area contributed by atoms with Crippen LogP contribution < -0.4 is 0 Å². The quantitative estimate of drug-likeness (QED) is 0.0222. The minimum Gasteiger partial charge on any atom is -0.462 e. The lowest BCUT2D eigenvalue weighted by molar-refractivity contribution is -0.161. The molecule has 3 unspecified atom stereocenters. The zero-order valence-electron chi connectivity index (χ0n) is 66.4. The first-order valence-corrected chi connectivity index (χ1v) is 45.4. The lowest BCUT2D eigenvalue weighted by Gasteiger charge is -2.21. The number of hydrogen-bond donors (Lipinski definition) is 3. The fourth-order valence-corrected chi connectivity index (χ4v) is 14.2. The van der Waals surface area contributed by atoms with E-state index in [1.54, 1.807) is 0 Å². The SMILES string of the molecule is CCCCCCCCCCCCCCCCCCCCCCCC(=O)O[C@H](COC(=O)CCCCCCCCCCCCCCCCC(C)C)COP(=O)(O)OC[C@@H](O)COP(=O)(O)OC[C@@H](COC(=O)CCCCCCCCC(C)C)OC(=O)CCCCCCCCCCCCC(C)CC. The summed E-state index contributed by atoms with van der Waals surface area (Å²) in [6, 6.07) is 0. The second-order valence-electron chi connectivity index (χ2n) is 30.7. The van der Waals surface area contributed by atoms with Crippen molar-refractivity contribution in [2.75, 3.05) is 39.6 Å². The van der Waals surface area contributed by atoms with Crippen LogP contribution in [0.25, 0.3) is 0 Å². The number of carbonyl (C=O) groups excluding carboxylic acids is 4. The molecule has 3 N–H and O–H groups in total. The predicted octanol–water partition coefficient (Wildman–Crippen LogP) is 24.5. The largest absolute Gasteiger partial charge is 0.472 e. The number of phosphoric acid groups is 2. The smallest absolute Gasteiger partial charge is 0.462 e. The molecular formula is C82H160O17P2. The van der Waals surface area contributed by atoms with E-state index < -0.39 is 97.5 Å². The van der Waals surface area contributed by atoms with E-state index in [9.17, 15) is 43.2 Å². The first-order valence-electron chi connectivity index (χ1n) is 42.4. The minimum atomic E-state index is -4.96. The molecule has 0 rings (SSSR count). The van der Waals surface area contributed by atoms with E-state index in [0.29, 0.717) is 31.6 Å². The van der Waals surface area contributed by atoms with Gasteiger partial charge in [-0.2, -0.15) is 0 Å². The van der Waals surface area contributed by atoms with Crippen LogP contribution in [0.5, 0.6) is 0 Å². The highest BCUT2D eigenvalue weighted by Crippen LogP contribution is 2.45. The van der Waals surface area contributed by atoms with Gasteiger partial charge in [-0.1, -0.05) is 376 Å². The lowest BCUT2D eigenvalue weighted by atomic mass is 9.99. The van der Waals surface area contributed by atoms with Crippen molar-refractivity contribution in [2.45, 2.75) is 446 Å². The van der Waals surface area contributed by atoms with Crippen molar-refractivity contribution >= 4 is 39.5 Å². The number of aliphatic hydroxyl groups is 1. The second-order valence-corrected chi connectivity index (χ2v) is 33.6. The van der Waals surface area contributed by atoms with Crippen molar-refractivity contribution in [3.63, 3.8) is 0 Å². The van der Waals surface area contributed by atoms with Gasteiger partial charge in [0.15, 0.2) is 12.2 Å². The third-order valence-corrected chi connectivity index (χ3v) is 21.4. The van der Waals surface area contributed by atoms with Gasteiger partial charge >= 0.3 is 39.5 Å². The van der Waals surface area contributed by atoms with E-state index in [1.807, 2.05) is 0 Å². The van der Waals surface area contributed by atoms with Crippen molar-refractivity contribution in [1.82, 2.24) is 0 Å². The molecule has 0 saturated heterocycles. The Bertz CT molecular complexity index is 1960. The Morgan fingerprint density at radius 2 is 0.505 bits per heavy atom. The summed E-state index contributed by atoms with van der Waals surface area (Å²) in [4.78, 5) is 73.0. The molecule has 600 valence electrons. The monoisotopic (exact) mass is 1480 g/mol. The third-order valence-electron chi connectivity index (χ3n) is 19.5. The molecule has 0 aromatic heterocycles. The fourth-order valence-electron chi connectivity index (χ4n) is 12.6. The number of phosphoric ester groups is 2. The number of ether oxygens (including phenoxy) is 4. The lowest BCUT2D eigenvalue weighted by Crippen LogP contribution is -2.30. The van der Waals surface area contributed by atoms with Crippen LogP contribution >= 0.6 is 15.6 Å². The van der Waals surface area contributed by atoms with Crippen LogP contribution in [-0.2, 0) is 65.4 Å². The summed E-state index contributed by atoms with van der Waals surface area (Å²) >= 11 is 0. The summed E-state index contributed by atoms with van der Waals surface area (Å²) in [6.45, 7) is 11.9. The van der Waals surface area contributed by atoms with Gasteiger partial charge in [-0.15, -0.1) is 0 Å². The van der Waals surface area contributed by atoms with E-state index in [2.05, 4.69) is 48.5 Å². The molecule has 17 nitrogen and oxygen atoms in total. The second kappa shape index (κ2) is 72.3. The number of esters is 4. The molecule has 0 saturated carbocycles. The van der Waals surface area contributed by atoms with Crippen molar-refractivity contribution in [1.29, 1.82) is 0 Å². The average Bonchev–Trinajstić information content (AvgIpc) is 0.933. The number of hydrogen-bond acceptors (Lipinski definition) is 15. The molecule has 0 aliphatic carbocycles. The van der Waals surface area contributed by atoms with E-state index >= 15 is 0 Å². The van der Waals surface area contributed by atoms with Gasteiger partial charge in [0.25, 0.3) is 0 Å². The fraction of sp³-hybridized carbons (Fsp3) is 0.951. The number of unbranched alkanes of at least 4 members (excludes halogenated alkanes) is 47. The third kappa shape index (κ3) is 74.7. The van der Waals surface area contributed by atoms with E-state index in [-0.39, 0.29) is 25.7 Å². The molecule has 0 spiro atoms. The van der Waals surface area contributed by atoms with Crippen LogP contribution in [0.15, 0.2) is 0 Å². The van der Waals surface area contributed by atoms with Crippen molar-refractivity contribution in [3.05, 3.63) is 0 Å². The van der Waals surface area contributed by atoms with Crippen molar-refractivity contribution in [3.8, 4) is 0 Å². The molecule has 101 heavy (non-hydrogen) atoms. The molecule has 0 radical (unpaired) electrons. The van der Waals surface area contributed by atoms with Crippen LogP contribution in [0.1, 0.15) is 427 Å². The Morgan fingerprint density at radius 1 is 0.287 bits per heavy atom. The molecule has 0 fully saturated rings. The normalized spacial score (nSPS) is 14.2. The molecule has 0 bridgehead atoms. The summed E-state index contributed by atoms with van der Waals surface area (Å²) in [5.41, 5.74) is 0. The molecule has 0 aliphatic rings. The summed E-state index contributed by atoms with van der Waals surface area (Å²) < 4.78 is 68.7. The highest BCUT2D eigenvalue weighted by atomic mass is 31.2. The highest BCUT2D eigenvalue weighted by Gasteiger charge is 2.30. The summed E-state index contributed by atoms with van der Waals surface area (Å²) in [6.07, 6.45) is 61.3. The molecule has 0 aromatic rings. The van der Waals surface area contributed by atoms with Crippen LogP contribution in [0.3, 0.4) is 0 Å². The van der Waals surface area contributed by atoms with Gasteiger partial charge < -0.3 is 33.8 Å². The molecule has 0 aliphatic heterocycles. The highest BCUT2D eigenvalue weighted by molar-refractivity contribution is 7.47. The Balaban J connectivity index is 5.22. The van der Waals surface area contributed by atoms with Gasteiger partial charge in [-0.25, -0.2) is 9.13 Å². The van der Waals surface area contributed by atoms with Gasteiger partial charge in [-0.3, -0.25) is 37.3 Å². The molecule has 0 heterocycles. The topological polar surface area (TPSA) is 237 Å². The van der Waals surface area contributed by atoms with Crippen LogP contribution in [-0.4, -0.2) is 96.7 Å². The summed E-state index contributed by atoms with van der Waals surface area (Å²) in [5, 5.41) is 10.6. The van der Waals surface area contributed by atoms with Gasteiger partial charge in [-0.05, 0) is 43.4 Å². The number of carbonyl (C=O) groups is 4. The van der Waals surface area contributed by atoms with Gasteiger partial charge in [0.1, 0.15) is 19.3 Å². The molecule has 0 amide bonds. The van der Waals surface area contributed by atoms with Crippen LogP contribution in [0, 0.1) is 17.8 Å². The first-order chi connectivity index (χ1) is 48.8. The predicted molar refractivity (Wildman–Crippen MR) is 414 cm³/mol. The molecule has 0 aromatic carbocycles. The van der Waals surface area contributed by atoms with Crippen LogP contribution in [0.4, 0.5) is 0 Å². The summed E-state index contributed by atoms with van der Waals surface area (Å²) in [7, 11) is -9.92. The average molecular weight is 1480 g/mol. The minimum absolute atomic E-state index is 0.105. The van der Waals surface area contributed by atoms with Crippen LogP contribution in [0.2, 0.25) is 0 Å². The van der Waals surface area contributed by atoms with E-state index in [4.69, 9.17) is 37.0 Å². The first kappa shape index (κ1) is 99.1. The van der Waals surface area contributed by atoms with Gasteiger partial charge in [0, 0.05) is 25.7 Å². The molecular weight excluding hydrogens is 1320 g/mol. The van der Waals surface area contributed by atoms with Crippen molar-refractivity contribution < 1.29 is 80.2 Å². The van der Waals surface area contributed by atoms with E-state index in [0.717, 1.165) is 108 Å². The Kier molecular flexibility index (Phi) is 70.9. The maximum Gasteiger partial charge on any atom is 0.472 e. The van der Waals surface area contributed by atoms with Gasteiger partial charge in [0.05, 0.1) is 26.4 Å². The standard InChI is InChI=1S/C82H160O17P2/c1-8-10-11-12-13-14-15-16-17-18-19-20-21-22-23-28-31-37-42-51-58-65-81(86)98-77(69-92-79(84)63-56-49-41-36-30-27-25-24-26-29-34-39-46-53-60-73(3)4)71-96-100(88,89)94-67-76(83)68-95-101(90,91)97-72-78(70-93-80(85)64-57-50-45-44-47-54-61-74(5)6)99-82(87)66-59-52-43-38-33-32-35-40-48-55-62-75(7)9-2/h73-78,83H,8-72H2,1-7H3,(H,88,89)(H,90,91)/t75?,76-,77-,78-/m1/s1. The summed E-state index contributed by atoms with van der Waals surface area (Å²) in [5.74, 6) is 0.168. The number of aliphatic hydroxyl groups excluding tert-OH is 1. The maximum absolute atomic E-state index is 13.1. The zero-order chi connectivity index (χ0) is 74.4. The Morgan fingerprint density at radius 3 is 0.752 bits per heavy atom. The van der Waals surface area contributed by atoms with Crippen molar-refractivity contribution in [2.24, 2.45) is 17.8 Å². The molecule has 6 atom stereocenters.